The van der Waals surface area contributed by atoms with Crippen LogP contribution >= 0.6 is 22.6 Å². The second-order valence-corrected chi connectivity index (χ2v) is 8.52. The fourth-order valence-electron chi connectivity index (χ4n) is 4.24. The Morgan fingerprint density at radius 3 is 2.48 bits per heavy atom. The molecule has 3 nitrogen and oxygen atoms in total. The van der Waals surface area contributed by atoms with Crippen LogP contribution in [0.5, 0.6) is 0 Å². The number of guanidine groups is 1. The summed E-state index contributed by atoms with van der Waals surface area (Å²) < 4.78 is 1.22. The van der Waals surface area contributed by atoms with Crippen molar-refractivity contribution in [3.05, 3.63) is 27.8 Å². The van der Waals surface area contributed by atoms with Gasteiger partial charge in [0, 0.05) is 9.26 Å². The molecule has 3 N–H and O–H groups in total. The average molecular weight is 397 g/mol. The summed E-state index contributed by atoms with van der Waals surface area (Å²) in [5.41, 5.74) is 7.81. The number of fused-ring (bicyclic) bond motifs is 2. The van der Waals surface area contributed by atoms with Crippen LogP contribution < -0.4 is 11.1 Å². The lowest BCUT2D eigenvalue weighted by Gasteiger charge is -2.37. The number of anilines is 1. The van der Waals surface area contributed by atoms with E-state index in [9.17, 15) is 0 Å². The van der Waals surface area contributed by atoms with Gasteiger partial charge in [0.1, 0.15) is 0 Å². The second-order valence-electron chi connectivity index (χ2n) is 7.27. The van der Waals surface area contributed by atoms with Gasteiger partial charge in [-0.1, -0.05) is 20.8 Å². The van der Waals surface area contributed by atoms with E-state index in [0.717, 1.165) is 11.6 Å². The van der Waals surface area contributed by atoms with Crippen molar-refractivity contribution in [3.8, 4) is 0 Å². The Bertz CT molecular complexity index is 564. The zero-order valence-corrected chi connectivity index (χ0v) is 15.1. The Balaban J connectivity index is 1.75. The molecule has 2 aliphatic carbocycles. The third kappa shape index (κ3) is 2.45. The lowest BCUT2D eigenvalue weighted by molar-refractivity contribution is 0.137. The zero-order valence-electron chi connectivity index (χ0n) is 13.0. The van der Waals surface area contributed by atoms with Crippen molar-refractivity contribution < 1.29 is 0 Å². The molecule has 2 fully saturated rings. The first kappa shape index (κ1) is 15.1. The lowest BCUT2D eigenvalue weighted by atomic mass is 9.69. The van der Waals surface area contributed by atoms with Crippen molar-refractivity contribution >= 4 is 34.2 Å². The zero-order chi connectivity index (χ0) is 15.3. The summed E-state index contributed by atoms with van der Waals surface area (Å²) in [5, 5.41) is 3.22. The molecule has 21 heavy (non-hydrogen) atoms. The van der Waals surface area contributed by atoms with Crippen LogP contribution in [0.1, 0.15) is 40.0 Å². The molecule has 2 bridgehead atoms. The maximum atomic E-state index is 6.14. The van der Waals surface area contributed by atoms with E-state index in [1.807, 2.05) is 12.1 Å². The van der Waals surface area contributed by atoms with Gasteiger partial charge in [0.05, 0.1) is 6.04 Å². The van der Waals surface area contributed by atoms with Crippen molar-refractivity contribution in [2.24, 2.45) is 27.5 Å². The number of nitrogens with one attached hydrogen (secondary N) is 1. The maximum absolute atomic E-state index is 6.14. The Kier molecular flexibility index (Phi) is 3.71. The molecule has 0 heterocycles. The number of hydrogen-bond donors (Lipinski definition) is 2. The van der Waals surface area contributed by atoms with Crippen LogP contribution in [-0.4, -0.2) is 12.0 Å². The molecular formula is C17H24IN3. The number of nitrogens with zero attached hydrogens (tertiary/aromatic N) is 1. The Morgan fingerprint density at radius 2 is 1.95 bits per heavy atom. The summed E-state index contributed by atoms with van der Waals surface area (Å²) in [6.45, 7) is 7.21. The molecule has 1 aromatic carbocycles. The molecule has 3 atom stereocenters. The molecule has 1 aromatic rings. The number of nitrogens with two attached hydrogens (primary N) is 1. The minimum absolute atomic E-state index is 0.288. The van der Waals surface area contributed by atoms with Crippen molar-refractivity contribution in [2.75, 3.05) is 5.32 Å². The van der Waals surface area contributed by atoms with Crippen LogP contribution in [0.3, 0.4) is 0 Å². The van der Waals surface area contributed by atoms with Crippen LogP contribution in [0.4, 0.5) is 5.69 Å². The topological polar surface area (TPSA) is 50.4 Å². The molecule has 0 aliphatic heterocycles. The van der Waals surface area contributed by atoms with Gasteiger partial charge in [-0.15, -0.1) is 0 Å². The van der Waals surface area contributed by atoms with E-state index in [1.54, 1.807) is 0 Å². The molecule has 114 valence electrons. The van der Waals surface area contributed by atoms with Gasteiger partial charge in [-0.2, -0.15) is 0 Å². The highest BCUT2D eigenvalue weighted by molar-refractivity contribution is 14.1. The van der Waals surface area contributed by atoms with E-state index in [-0.39, 0.29) is 5.41 Å². The third-order valence-electron chi connectivity index (χ3n) is 6.16. The molecule has 0 saturated heterocycles. The standard InChI is InChI=1S/C17H24IN3/c1-16(2)11-8-9-17(16,3)14(10-11)21-15(19)20-13-6-4-12(18)5-7-13/h4-7,11,14H,8-10H2,1-3H3,(H3,19,20,21). The van der Waals surface area contributed by atoms with Crippen molar-refractivity contribution in [3.63, 3.8) is 0 Å². The quantitative estimate of drug-likeness (QED) is 0.446. The van der Waals surface area contributed by atoms with E-state index >= 15 is 0 Å². The van der Waals surface area contributed by atoms with Crippen LogP contribution in [0.25, 0.3) is 0 Å². The summed E-state index contributed by atoms with van der Waals surface area (Å²) in [6.07, 6.45) is 3.80. The third-order valence-corrected chi connectivity index (χ3v) is 6.88. The summed E-state index contributed by atoms with van der Waals surface area (Å²) in [7, 11) is 0. The molecule has 4 heteroatoms. The Morgan fingerprint density at radius 1 is 1.29 bits per heavy atom. The number of hydrogen-bond acceptors (Lipinski definition) is 1. The summed E-state index contributed by atoms with van der Waals surface area (Å²) >= 11 is 2.30. The van der Waals surface area contributed by atoms with Gasteiger partial charge >= 0.3 is 0 Å². The molecule has 0 spiro atoms. The highest BCUT2D eigenvalue weighted by Gasteiger charge is 2.61. The fraction of sp³-hybridized carbons (Fsp3) is 0.588. The Hall–Kier alpha value is -0.780. The van der Waals surface area contributed by atoms with Gasteiger partial charge in [-0.3, -0.25) is 0 Å². The maximum Gasteiger partial charge on any atom is 0.193 e. The van der Waals surface area contributed by atoms with Crippen LogP contribution in [0.2, 0.25) is 0 Å². The molecule has 0 aromatic heterocycles. The van der Waals surface area contributed by atoms with Gasteiger partial charge in [0.25, 0.3) is 0 Å². The predicted octanol–water partition coefficient (Wildman–Crippen LogP) is 4.23. The van der Waals surface area contributed by atoms with Gasteiger partial charge in [0.2, 0.25) is 0 Å². The smallest absolute Gasteiger partial charge is 0.193 e. The first-order chi connectivity index (χ1) is 9.83. The number of halogens is 1. The summed E-state index contributed by atoms with van der Waals surface area (Å²) in [6, 6.07) is 8.56. The molecule has 2 aliphatic rings. The largest absolute Gasteiger partial charge is 0.370 e. The van der Waals surface area contributed by atoms with Crippen molar-refractivity contribution in [2.45, 2.75) is 46.1 Å². The van der Waals surface area contributed by atoms with Crippen LogP contribution in [0.15, 0.2) is 29.3 Å². The number of aliphatic imine (C=N–C) groups is 1. The minimum Gasteiger partial charge on any atom is -0.370 e. The molecule has 0 radical (unpaired) electrons. The van der Waals surface area contributed by atoms with Gasteiger partial charge in [-0.25, -0.2) is 4.99 Å². The van der Waals surface area contributed by atoms with Gasteiger partial charge in [0.15, 0.2) is 5.96 Å². The predicted molar refractivity (Wildman–Crippen MR) is 97.4 cm³/mol. The average Bonchev–Trinajstić information content (AvgIpc) is 2.74. The lowest BCUT2D eigenvalue weighted by Crippen LogP contribution is -2.36. The first-order valence-corrected chi connectivity index (χ1v) is 8.77. The summed E-state index contributed by atoms with van der Waals surface area (Å²) in [4.78, 5) is 4.83. The van der Waals surface area contributed by atoms with Gasteiger partial charge in [-0.05, 0) is 82.9 Å². The van der Waals surface area contributed by atoms with Crippen molar-refractivity contribution in [1.82, 2.24) is 0 Å². The monoisotopic (exact) mass is 397 g/mol. The normalized spacial score (nSPS) is 34.2. The number of benzene rings is 1. The molecule has 0 amide bonds. The molecule has 3 rings (SSSR count). The SMILES string of the molecule is CC1(C)C2CCC1(C)C(N=C(N)Nc1ccc(I)cc1)C2. The molecule has 3 unspecified atom stereocenters. The fourth-order valence-corrected chi connectivity index (χ4v) is 4.60. The highest BCUT2D eigenvalue weighted by Crippen LogP contribution is 2.66. The van der Waals surface area contributed by atoms with Gasteiger partial charge < -0.3 is 11.1 Å². The van der Waals surface area contributed by atoms with Crippen molar-refractivity contribution in [1.29, 1.82) is 0 Å². The van der Waals surface area contributed by atoms with Crippen LogP contribution in [-0.2, 0) is 0 Å². The minimum atomic E-state index is 0.288. The van der Waals surface area contributed by atoms with E-state index < -0.39 is 0 Å². The van der Waals surface area contributed by atoms with Crippen LogP contribution in [0, 0.1) is 20.3 Å². The molecular weight excluding hydrogens is 373 g/mol. The highest BCUT2D eigenvalue weighted by atomic mass is 127. The van der Waals surface area contributed by atoms with E-state index in [2.05, 4.69) is 60.8 Å². The summed E-state index contributed by atoms with van der Waals surface area (Å²) in [5.74, 6) is 1.34. The first-order valence-electron chi connectivity index (χ1n) is 7.69. The molecule has 2 saturated carbocycles. The Labute approximate surface area is 140 Å². The number of rotatable bonds is 2. The second kappa shape index (κ2) is 5.14. The van der Waals surface area contributed by atoms with E-state index in [1.165, 1.54) is 22.8 Å². The van der Waals surface area contributed by atoms with E-state index in [0.29, 0.717) is 17.4 Å². The van der Waals surface area contributed by atoms with E-state index in [4.69, 9.17) is 10.7 Å².